The lowest BCUT2D eigenvalue weighted by Gasteiger charge is -2.35. The van der Waals surface area contributed by atoms with E-state index in [0.717, 1.165) is 18.9 Å². The minimum atomic E-state index is -4.43. The molecule has 2 atom stereocenters. The van der Waals surface area contributed by atoms with Gasteiger partial charge in [0.25, 0.3) is 0 Å². The van der Waals surface area contributed by atoms with Crippen LogP contribution in [-0.4, -0.2) is 36.1 Å². The number of alkyl halides is 3. The van der Waals surface area contributed by atoms with Gasteiger partial charge in [0.05, 0.1) is 0 Å². The summed E-state index contributed by atoms with van der Waals surface area (Å²) in [5.41, 5.74) is -0.883. The molecule has 112 valence electrons. The molecule has 20 heavy (non-hydrogen) atoms. The van der Waals surface area contributed by atoms with E-state index < -0.39 is 11.9 Å². The lowest BCUT2D eigenvalue weighted by molar-refractivity contribution is -0.141. The first-order valence-corrected chi connectivity index (χ1v) is 6.74. The Morgan fingerprint density at radius 2 is 2.20 bits per heavy atom. The molecule has 1 saturated heterocycles. The van der Waals surface area contributed by atoms with Crippen LogP contribution in [0.25, 0.3) is 0 Å². The SMILES string of the molecule is CNC(C)C1CCCN(c2nccc(C(F)(F)F)n2)C1. The second-order valence-corrected chi connectivity index (χ2v) is 5.17. The lowest BCUT2D eigenvalue weighted by Crippen LogP contribution is -2.44. The highest BCUT2D eigenvalue weighted by molar-refractivity contribution is 5.31. The molecule has 0 spiro atoms. The van der Waals surface area contributed by atoms with Crippen molar-refractivity contribution in [2.45, 2.75) is 32.0 Å². The van der Waals surface area contributed by atoms with E-state index in [1.165, 1.54) is 6.20 Å². The van der Waals surface area contributed by atoms with Crippen LogP contribution in [-0.2, 0) is 6.18 Å². The second kappa shape index (κ2) is 5.95. The van der Waals surface area contributed by atoms with Gasteiger partial charge < -0.3 is 10.2 Å². The molecule has 0 amide bonds. The van der Waals surface area contributed by atoms with Gasteiger partial charge in [-0.15, -0.1) is 0 Å². The average Bonchev–Trinajstić information content (AvgIpc) is 2.46. The Bertz CT molecular complexity index is 449. The van der Waals surface area contributed by atoms with E-state index in [1.807, 2.05) is 11.9 Å². The topological polar surface area (TPSA) is 41.0 Å². The van der Waals surface area contributed by atoms with E-state index in [-0.39, 0.29) is 5.95 Å². The molecular weight excluding hydrogens is 269 g/mol. The maximum Gasteiger partial charge on any atom is 0.433 e. The molecular formula is C13H19F3N4. The Kier molecular flexibility index (Phi) is 4.47. The average molecular weight is 288 g/mol. The molecule has 2 heterocycles. The van der Waals surface area contributed by atoms with Crippen LogP contribution in [0.4, 0.5) is 19.1 Å². The molecule has 0 aliphatic carbocycles. The molecule has 1 aromatic heterocycles. The number of nitrogens with one attached hydrogen (secondary N) is 1. The van der Waals surface area contributed by atoms with Crippen molar-refractivity contribution in [3.8, 4) is 0 Å². The Hall–Kier alpha value is -1.37. The number of rotatable bonds is 3. The van der Waals surface area contributed by atoms with Gasteiger partial charge in [-0.25, -0.2) is 9.97 Å². The van der Waals surface area contributed by atoms with Crippen LogP contribution in [0.5, 0.6) is 0 Å². The van der Waals surface area contributed by atoms with Crippen molar-refractivity contribution >= 4 is 5.95 Å². The molecule has 1 N–H and O–H groups in total. The molecule has 4 nitrogen and oxygen atoms in total. The van der Waals surface area contributed by atoms with Gasteiger partial charge in [-0.2, -0.15) is 13.2 Å². The van der Waals surface area contributed by atoms with Gasteiger partial charge in [0, 0.05) is 25.3 Å². The van der Waals surface area contributed by atoms with Crippen molar-refractivity contribution in [1.29, 1.82) is 0 Å². The van der Waals surface area contributed by atoms with Crippen molar-refractivity contribution in [2.24, 2.45) is 5.92 Å². The summed E-state index contributed by atoms with van der Waals surface area (Å²) in [6, 6.07) is 1.23. The Morgan fingerprint density at radius 1 is 1.45 bits per heavy atom. The number of hydrogen-bond donors (Lipinski definition) is 1. The van der Waals surface area contributed by atoms with Crippen molar-refractivity contribution in [1.82, 2.24) is 15.3 Å². The third-order valence-electron chi connectivity index (χ3n) is 3.84. The summed E-state index contributed by atoms with van der Waals surface area (Å²) in [5.74, 6) is 0.569. The monoisotopic (exact) mass is 288 g/mol. The van der Waals surface area contributed by atoms with Crippen LogP contribution < -0.4 is 10.2 Å². The number of anilines is 1. The minimum absolute atomic E-state index is 0.174. The fraction of sp³-hybridized carbons (Fsp3) is 0.692. The van der Waals surface area contributed by atoms with E-state index >= 15 is 0 Å². The number of hydrogen-bond acceptors (Lipinski definition) is 4. The van der Waals surface area contributed by atoms with Gasteiger partial charge in [-0.1, -0.05) is 0 Å². The Morgan fingerprint density at radius 3 is 2.85 bits per heavy atom. The van der Waals surface area contributed by atoms with E-state index in [9.17, 15) is 13.2 Å². The maximum atomic E-state index is 12.7. The number of piperidine rings is 1. The summed E-state index contributed by atoms with van der Waals surface area (Å²) in [6.07, 6.45) is -1.24. The first-order chi connectivity index (χ1) is 9.41. The fourth-order valence-electron chi connectivity index (χ4n) is 2.49. The summed E-state index contributed by atoms with van der Waals surface area (Å²) in [4.78, 5) is 9.49. The molecule has 1 aliphatic heterocycles. The summed E-state index contributed by atoms with van der Waals surface area (Å²) >= 11 is 0. The maximum absolute atomic E-state index is 12.7. The van der Waals surface area contributed by atoms with Gasteiger partial charge >= 0.3 is 6.18 Å². The molecule has 1 fully saturated rings. The Balaban J connectivity index is 2.15. The third kappa shape index (κ3) is 3.39. The normalized spacial score (nSPS) is 21.9. The van der Waals surface area contributed by atoms with Crippen molar-refractivity contribution in [3.05, 3.63) is 18.0 Å². The highest BCUT2D eigenvalue weighted by Gasteiger charge is 2.34. The quantitative estimate of drug-likeness (QED) is 0.927. The van der Waals surface area contributed by atoms with Gasteiger partial charge in [0.1, 0.15) is 5.69 Å². The van der Waals surface area contributed by atoms with Gasteiger partial charge in [-0.05, 0) is 38.8 Å². The number of aromatic nitrogens is 2. The molecule has 0 aromatic carbocycles. The summed E-state index contributed by atoms with van der Waals surface area (Å²) in [7, 11) is 1.89. The number of halogens is 3. The predicted molar refractivity (Wildman–Crippen MR) is 70.5 cm³/mol. The molecule has 1 aliphatic rings. The van der Waals surface area contributed by atoms with Gasteiger partial charge in [0.15, 0.2) is 0 Å². The standard InChI is InChI=1S/C13H19F3N4/c1-9(17-2)10-4-3-7-20(8-10)12-18-6-5-11(19-12)13(14,15)16/h5-6,9-10,17H,3-4,7-8H2,1-2H3. The van der Waals surface area contributed by atoms with Crippen LogP contribution in [0.1, 0.15) is 25.5 Å². The first-order valence-electron chi connectivity index (χ1n) is 6.74. The number of nitrogens with zero attached hydrogens (tertiary/aromatic N) is 3. The summed E-state index contributed by atoms with van der Waals surface area (Å²) < 4.78 is 38.0. The fourth-order valence-corrected chi connectivity index (χ4v) is 2.49. The summed E-state index contributed by atoms with van der Waals surface area (Å²) in [5, 5.41) is 3.19. The van der Waals surface area contributed by atoms with E-state index in [1.54, 1.807) is 0 Å². The molecule has 0 saturated carbocycles. The third-order valence-corrected chi connectivity index (χ3v) is 3.84. The smallest absolute Gasteiger partial charge is 0.340 e. The van der Waals surface area contributed by atoms with Crippen LogP contribution in [0.3, 0.4) is 0 Å². The highest BCUT2D eigenvalue weighted by Crippen LogP contribution is 2.29. The van der Waals surface area contributed by atoms with Crippen molar-refractivity contribution in [3.63, 3.8) is 0 Å². The molecule has 7 heteroatoms. The van der Waals surface area contributed by atoms with E-state index in [2.05, 4.69) is 22.2 Å². The molecule has 2 unspecified atom stereocenters. The lowest BCUT2D eigenvalue weighted by atomic mass is 9.92. The second-order valence-electron chi connectivity index (χ2n) is 5.17. The minimum Gasteiger partial charge on any atom is -0.340 e. The van der Waals surface area contributed by atoms with Crippen LogP contribution in [0.2, 0.25) is 0 Å². The van der Waals surface area contributed by atoms with Crippen LogP contribution >= 0.6 is 0 Å². The zero-order valence-electron chi connectivity index (χ0n) is 11.6. The van der Waals surface area contributed by atoms with Crippen LogP contribution in [0, 0.1) is 5.92 Å². The highest BCUT2D eigenvalue weighted by atomic mass is 19.4. The van der Waals surface area contributed by atoms with Gasteiger partial charge in [0.2, 0.25) is 5.95 Å². The van der Waals surface area contributed by atoms with E-state index in [0.29, 0.717) is 25.0 Å². The molecule has 1 aromatic rings. The van der Waals surface area contributed by atoms with Crippen LogP contribution in [0.15, 0.2) is 12.3 Å². The molecule has 0 bridgehead atoms. The summed E-state index contributed by atoms with van der Waals surface area (Å²) in [6.45, 7) is 3.47. The zero-order chi connectivity index (χ0) is 14.8. The predicted octanol–water partition coefficient (Wildman–Crippen LogP) is 2.32. The first kappa shape index (κ1) is 15.0. The van der Waals surface area contributed by atoms with Crippen molar-refractivity contribution < 1.29 is 13.2 Å². The molecule has 2 rings (SSSR count). The zero-order valence-corrected chi connectivity index (χ0v) is 11.6. The van der Waals surface area contributed by atoms with Gasteiger partial charge in [-0.3, -0.25) is 0 Å². The Labute approximate surface area is 116 Å². The van der Waals surface area contributed by atoms with E-state index in [4.69, 9.17) is 0 Å². The van der Waals surface area contributed by atoms with Crippen molar-refractivity contribution in [2.75, 3.05) is 25.0 Å². The molecule has 0 radical (unpaired) electrons. The largest absolute Gasteiger partial charge is 0.433 e.